The Balaban J connectivity index is 1.38. The molecule has 0 bridgehead atoms. The first-order chi connectivity index (χ1) is 12.1. The van der Waals surface area contributed by atoms with Crippen molar-refractivity contribution in [1.29, 1.82) is 0 Å². The number of nitrogens with one attached hydrogen (secondary N) is 1. The van der Waals surface area contributed by atoms with Gasteiger partial charge in [0.25, 0.3) is 5.91 Å². The number of carbonyl (C=O) groups is 1. The Hall–Kier alpha value is -3.02. The second-order valence-electron chi connectivity index (χ2n) is 6.39. The van der Waals surface area contributed by atoms with Gasteiger partial charge in [0, 0.05) is 13.2 Å². The van der Waals surface area contributed by atoms with Gasteiger partial charge in [0.2, 0.25) is 0 Å². The lowest BCUT2D eigenvalue weighted by Gasteiger charge is -2.38. The Bertz CT molecular complexity index is 906. The summed E-state index contributed by atoms with van der Waals surface area (Å²) < 4.78 is 7.93. The molecule has 6 heteroatoms. The van der Waals surface area contributed by atoms with Crippen molar-refractivity contribution < 1.29 is 9.53 Å². The normalized spacial score (nSPS) is 14.4. The van der Waals surface area contributed by atoms with Crippen LogP contribution in [0.1, 0.15) is 16.1 Å². The predicted molar refractivity (Wildman–Crippen MR) is 94.5 cm³/mol. The van der Waals surface area contributed by atoms with E-state index in [1.165, 1.54) is 0 Å². The van der Waals surface area contributed by atoms with E-state index in [1.54, 1.807) is 11.0 Å². The number of aromatic amines is 1. The molecule has 1 saturated heterocycles. The number of H-pyrrole nitrogens is 1. The minimum Gasteiger partial charge on any atom is -0.486 e. The molecule has 1 fully saturated rings. The Morgan fingerprint density at radius 2 is 2.04 bits per heavy atom. The summed E-state index contributed by atoms with van der Waals surface area (Å²) >= 11 is 0. The van der Waals surface area contributed by atoms with Crippen molar-refractivity contribution in [2.75, 3.05) is 13.1 Å². The fraction of sp³-hybridized carbons (Fsp3) is 0.263. The molecular formula is C19H20N4O2. The highest BCUT2D eigenvalue weighted by Gasteiger charge is 2.33. The third kappa shape index (κ3) is 2.91. The van der Waals surface area contributed by atoms with E-state index in [0.29, 0.717) is 18.8 Å². The van der Waals surface area contributed by atoms with E-state index in [-0.39, 0.29) is 12.0 Å². The molecule has 1 amide bonds. The fourth-order valence-electron chi connectivity index (χ4n) is 3.01. The van der Waals surface area contributed by atoms with Gasteiger partial charge in [0.1, 0.15) is 23.2 Å². The van der Waals surface area contributed by atoms with Gasteiger partial charge in [0.05, 0.1) is 18.8 Å². The van der Waals surface area contributed by atoms with E-state index < -0.39 is 0 Å². The van der Waals surface area contributed by atoms with Crippen molar-refractivity contribution in [1.82, 2.24) is 19.7 Å². The second kappa shape index (κ2) is 6.12. The number of rotatable bonds is 4. The molecule has 0 unspecified atom stereocenters. The first kappa shape index (κ1) is 15.5. The molecule has 0 aliphatic carbocycles. The van der Waals surface area contributed by atoms with E-state index in [0.717, 1.165) is 22.7 Å². The third-order valence-corrected chi connectivity index (χ3v) is 4.54. The van der Waals surface area contributed by atoms with Gasteiger partial charge < -0.3 is 14.2 Å². The van der Waals surface area contributed by atoms with Crippen molar-refractivity contribution in [2.24, 2.45) is 7.05 Å². The highest BCUT2D eigenvalue weighted by molar-refractivity contribution is 5.93. The Labute approximate surface area is 146 Å². The Kier molecular flexibility index (Phi) is 3.80. The SMILES string of the molecule is Cc1ccccc1OC1CN(C(=O)c2cc(-c3cccn3C)n[nH]2)C1. The fourth-order valence-corrected chi connectivity index (χ4v) is 3.01. The monoisotopic (exact) mass is 336 g/mol. The molecule has 1 aromatic carbocycles. The van der Waals surface area contributed by atoms with Gasteiger partial charge in [-0.25, -0.2) is 0 Å². The van der Waals surface area contributed by atoms with Crippen molar-refractivity contribution in [2.45, 2.75) is 13.0 Å². The average Bonchev–Trinajstić information content (AvgIpc) is 3.20. The van der Waals surface area contributed by atoms with Crippen molar-refractivity contribution in [3.63, 3.8) is 0 Å². The average molecular weight is 336 g/mol. The van der Waals surface area contributed by atoms with Crippen molar-refractivity contribution in [3.05, 3.63) is 59.9 Å². The number of aryl methyl sites for hydroxylation is 2. The number of benzene rings is 1. The van der Waals surface area contributed by atoms with E-state index in [4.69, 9.17) is 4.74 Å². The summed E-state index contributed by atoms with van der Waals surface area (Å²) in [5, 5.41) is 7.10. The lowest BCUT2D eigenvalue weighted by atomic mass is 10.1. The number of carbonyl (C=O) groups excluding carboxylic acids is 1. The lowest BCUT2D eigenvalue weighted by Crippen LogP contribution is -2.56. The number of hydrogen-bond acceptors (Lipinski definition) is 3. The molecule has 0 spiro atoms. The molecule has 4 rings (SSSR count). The number of nitrogens with zero attached hydrogens (tertiary/aromatic N) is 3. The van der Waals surface area contributed by atoms with Gasteiger partial charge >= 0.3 is 0 Å². The molecule has 3 aromatic rings. The summed E-state index contributed by atoms with van der Waals surface area (Å²) in [4.78, 5) is 14.3. The highest BCUT2D eigenvalue weighted by atomic mass is 16.5. The molecule has 0 saturated carbocycles. The van der Waals surface area contributed by atoms with Gasteiger partial charge in [0.15, 0.2) is 0 Å². The highest BCUT2D eigenvalue weighted by Crippen LogP contribution is 2.23. The molecular weight excluding hydrogens is 316 g/mol. The van der Waals surface area contributed by atoms with E-state index in [1.807, 2.05) is 61.1 Å². The summed E-state index contributed by atoms with van der Waals surface area (Å²) in [6, 6.07) is 13.6. The van der Waals surface area contributed by atoms with Crippen LogP contribution in [0, 0.1) is 6.92 Å². The smallest absolute Gasteiger partial charge is 0.272 e. The molecule has 2 aromatic heterocycles. The topological polar surface area (TPSA) is 63.1 Å². The largest absolute Gasteiger partial charge is 0.486 e. The van der Waals surface area contributed by atoms with E-state index in [2.05, 4.69) is 10.2 Å². The van der Waals surface area contributed by atoms with Crippen LogP contribution in [-0.4, -0.2) is 44.8 Å². The van der Waals surface area contributed by atoms with Crippen LogP contribution in [0.15, 0.2) is 48.7 Å². The zero-order valence-corrected chi connectivity index (χ0v) is 14.3. The second-order valence-corrected chi connectivity index (χ2v) is 6.39. The maximum absolute atomic E-state index is 12.6. The van der Waals surface area contributed by atoms with Crippen LogP contribution in [0.3, 0.4) is 0 Å². The number of para-hydroxylation sites is 1. The van der Waals surface area contributed by atoms with Crippen LogP contribution in [-0.2, 0) is 7.05 Å². The third-order valence-electron chi connectivity index (χ3n) is 4.54. The zero-order chi connectivity index (χ0) is 17.4. The molecule has 0 atom stereocenters. The Morgan fingerprint density at radius 1 is 1.24 bits per heavy atom. The molecule has 1 aliphatic rings. The van der Waals surface area contributed by atoms with Crippen LogP contribution in [0.2, 0.25) is 0 Å². The minimum atomic E-state index is -0.0439. The first-order valence-corrected chi connectivity index (χ1v) is 8.30. The number of hydrogen-bond donors (Lipinski definition) is 1. The van der Waals surface area contributed by atoms with Gasteiger partial charge in [-0.2, -0.15) is 5.10 Å². The molecule has 3 heterocycles. The van der Waals surface area contributed by atoms with Gasteiger partial charge in [-0.05, 0) is 36.8 Å². The van der Waals surface area contributed by atoms with Crippen LogP contribution in [0.4, 0.5) is 0 Å². The summed E-state index contributed by atoms with van der Waals surface area (Å²) in [5.41, 5.74) is 3.35. The van der Waals surface area contributed by atoms with Crippen LogP contribution >= 0.6 is 0 Å². The lowest BCUT2D eigenvalue weighted by molar-refractivity contribution is 0.0171. The van der Waals surface area contributed by atoms with Gasteiger partial charge in [-0.15, -0.1) is 0 Å². The maximum atomic E-state index is 12.6. The summed E-state index contributed by atoms with van der Waals surface area (Å²) in [6.45, 7) is 3.20. The standard InChI is InChI=1S/C19H20N4O2/c1-13-6-3-4-8-18(13)25-14-11-23(12-14)19(24)16-10-15(20-21-16)17-7-5-9-22(17)2/h3-10,14H,11-12H2,1-2H3,(H,20,21). The van der Waals surface area contributed by atoms with Crippen molar-refractivity contribution >= 4 is 5.91 Å². The molecule has 128 valence electrons. The van der Waals surface area contributed by atoms with Crippen LogP contribution in [0.5, 0.6) is 5.75 Å². The van der Waals surface area contributed by atoms with Crippen LogP contribution < -0.4 is 4.74 Å². The quantitative estimate of drug-likeness (QED) is 0.797. The first-order valence-electron chi connectivity index (χ1n) is 8.30. The minimum absolute atomic E-state index is 0.0420. The number of amides is 1. The summed E-state index contributed by atoms with van der Waals surface area (Å²) in [5.74, 6) is 0.838. The molecule has 1 N–H and O–H groups in total. The predicted octanol–water partition coefficient (Wildman–Crippen LogP) is 2.63. The van der Waals surface area contributed by atoms with Gasteiger partial charge in [-0.3, -0.25) is 9.89 Å². The maximum Gasteiger partial charge on any atom is 0.272 e. The van der Waals surface area contributed by atoms with E-state index in [9.17, 15) is 4.79 Å². The zero-order valence-electron chi connectivity index (χ0n) is 14.3. The number of ether oxygens (including phenoxy) is 1. The van der Waals surface area contributed by atoms with Gasteiger partial charge in [-0.1, -0.05) is 18.2 Å². The number of aromatic nitrogens is 3. The molecule has 0 radical (unpaired) electrons. The summed E-state index contributed by atoms with van der Waals surface area (Å²) in [6.07, 6.45) is 1.99. The van der Waals surface area contributed by atoms with Crippen molar-refractivity contribution in [3.8, 4) is 17.1 Å². The molecule has 1 aliphatic heterocycles. The number of likely N-dealkylation sites (tertiary alicyclic amines) is 1. The molecule has 6 nitrogen and oxygen atoms in total. The Morgan fingerprint density at radius 3 is 2.76 bits per heavy atom. The van der Waals surface area contributed by atoms with E-state index >= 15 is 0 Å². The summed E-state index contributed by atoms with van der Waals surface area (Å²) in [7, 11) is 1.95. The van der Waals surface area contributed by atoms with Crippen LogP contribution in [0.25, 0.3) is 11.4 Å². The molecule has 25 heavy (non-hydrogen) atoms.